The molecule has 0 spiro atoms. The Labute approximate surface area is 89.9 Å². The first-order chi connectivity index (χ1) is 7.22. The van der Waals surface area contributed by atoms with Crippen molar-refractivity contribution in [2.45, 2.75) is 26.3 Å². The summed E-state index contributed by atoms with van der Waals surface area (Å²) in [5.74, 6) is 0.225. The number of fused-ring (bicyclic) bond motifs is 1. The van der Waals surface area contributed by atoms with Crippen molar-refractivity contribution in [2.75, 3.05) is 12.3 Å². The lowest BCUT2D eigenvalue weighted by atomic mass is 9.98. The van der Waals surface area contributed by atoms with E-state index in [1.165, 1.54) is 11.1 Å². The minimum Gasteiger partial charge on any atom is -0.398 e. The molecule has 1 aromatic carbocycles. The molecule has 0 unspecified atom stereocenters. The highest BCUT2D eigenvalue weighted by molar-refractivity contribution is 5.76. The molecule has 0 radical (unpaired) electrons. The molecular formula is C12H16N2O. The maximum Gasteiger partial charge on any atom is 0.222 e. The highest BCUT2D eigenvalue weighted by atomic mass is 16.2. The molecule has 3 nitrogen and oxygen atoms in total. The first kappa shape index (κ1) is 10.0. The molecule has 1 heterocycles. The lowest BCUT2D eigenvalue weighted by Gasteiger charge is -2.29. The predicted molar refractivity (Wildman–Crippen MR) is 60.3 cm³/mol. The van der Waals surface area contributed by atoms with E-state index in [9.17, 15) is 4.79 Å². The van der Waals surface area contributed by atoms with Crippen molar-refractivity contribution in [3.63, 3.8) is 0 Å². The maximum atomic E-state index is 11.6. The fraction of sp³-hybridized carbons (Fsp3) is 0.417. The number of benzene rings is 1. The number of anilines is 1. The van der Waals surface area contributed by atoms with Gasteiger partial charge in [-0.25, -0.2) is 0 Å². The van der Waals surface area contributed by atoms with Crippen LogP contribution in [-0.2, 0) is 17.8 Å². The molecule has 2 rings (SSSR count). The summed E-state index contributed by atoms with van der Waals surface area (Å²) < 4.78 is 0. The Bertz CT molecular complexity index is 387. The van der Waals surface area contributed by atoms with Gasteiger partial charge in [0.15, 0.2) is 0 Å². The summed E-state index contributed by atoms with van der Waals surface area (Å²) in [6.45, 7) is 3.41. The SMILES string of the molecule is CCC(=O)N1CCc2c(N)cccc2C1. The molecule has 0 bridgehead atoms. The average Bonchev–Trinajstić information content (AvgIpc) is 2.28. The quantitative estimate of drug-likeness (QED) is 0.706. The number of nitrogens with zero attached hydrogens (tertiary/aromatic N) is 1. The lowest BCUT2D eigenvalue weighted by molar-refractivity contribution is -0.131. The number of nitrogen functional groups attached to an aromatic ring is 1. The van der Waals surface area contributed by atoms with Gasteiger partial charge in [-0.2, -0.15) is 0 Å². The second-order valence-corrected chi connectivity index (χ2v) is 3.90. The number of carbonyl (C=O) groups excluding carboxylic acids is 1. The highest BCUT2D eigenvalue weighted by Crippen LogP contribution is 2.24. The number of rotatable bonds is 1. The molecule has 15 heavy (non-hydrogen) atoms. The van der Waals surface area contributed by atoms with Crippen LogP contribution in [0.3, 0.4) is 0 Å². The Kier molecular flexibility index (Phi) is 2.62. The van der Waals surface area contributed by atoms with Gasteiger partial charge in [0.2, 0.25) is 5.91 Å². The van der Waals surface area contributed by atoms with E-state index >= 15 is 0 Å². The predicted octanol–water partition coefficient (Wildman–Crippen LogP) is 1.56. The third-order valence-electron chi connectivity index (χ3n) is 2.96. The van der Waals surface area contributed by atoms with Crippen LogP contribution in [0, 0.1) is 0 Å². The van der Waals surface area contributed by atoms with Crippen LogP contribution in [0.1, 0.15) is 24.5 Å². The van der Waals surface area contributed by atoms with Gasteiger partial charge in [0.05, 0.1) is 0 Å². The van der Waals surface area contributed by atoms with Gasteiger partial charge in [-0.05, 0) is 23.6 Å². The van der Waals surface area contributed by atoms with Crippen LogP contribution in [0.4, 0.5) is 5.69 Å². The van der Waals surface area contributed by atoms with Gasteiger partial charge in [-0.1, -0.05) is 19.1 Å². The molecule has 1 amide bonds. The minimum absolute atomic E-state index is 0.225. The van der Waals surface area contributed by atoms with Crippen LogP contribution < -0.4 is 5.73 Å². The molecule has 1 aliphatic heterocycles. The summed E-state index contributed by atoms with van der Waals surface area (Å²) in [7, 11) is 0. The first-order valence-corrected chi connectivity index (χ1v) is 5.36. The van der Waals surface area contributed by atoms with Crippen LogP contribution in [0.25, 0.3) is 0 Å². The fourth-order valence-electron chi connectivity index (χ4n) is 2.08. The number of hydrogen-bond acceptors (Lipinski definition) is 2. The lowest BCUT2D eigenvalue weighted by Crippen LogP contribution is -2.35. The highest BCUT2D eigenvalue weighted by Gasteiger charge is 2.20. The van der Waals surface area contributed by atoms with E-state index in [4.69, 9.17) is 5.73 Å². The van der Waals surface area contributed by atoms with E-state index in [0.717, 1.165) is 18.7 Å². The molecule has 0 fully saturated rings. The van der Waals surface area contributed by atoms with Gasteiger partial charge in [0.1, 0.15) is 0 Å². The molecule has 3 heteroatoms. The van der Waals surface area contributed by atoms with E-state index in [1.807, 2.05) is 24.0 Å². The molecule has 80 valence electrons. The average molecular weight is 204 g/mol. The zero-order chi connectivity index (χ0) is 10.8. The van der Waals surface area contributed by atoms with Gasteiger partial charge in [0, 0.05) is 25.2 Å². The van der Waals surface area contributed by atoms with Crippen molar-refractivity contribution in [3.8, 4) is 0 Å². The van der Waals surface area contributed by atoms with Crippen LogP contribution in [0.15, 0.2) is 18.2 Å². The third kappa shape index (κ3) is 1.82. The van der Waals surface area contributed by atoms with Gasteiger partial charge >= 0.3 is 0 Å². The van der Waals surface area contributed by atoms with E-state index in [0.29, 0.717) is 13.0 Å². The molecule has 0 atom stereocenters. The van der Waals surface area contributed by atoms with Crippen molar-refractivity contribution in [2.24, 2.45) is 0 Å². The van der Waals surface area contributed by atoms with Crippen molar-refractivity contribution in [1.82, 2.24) is 4.90 Å². The molecule has 0 aromatic heterocycles. The Hall–Kier alpha value is -1.51. The molecule has 0 aliphatic carbocycles. The van der Waals surface area contributed by atoms with Crippen molar-refractivity contribution < 1.29 is 4.79 Å². The number of hydrogen-bond donors (Lipinski definition) is 1. The van der Waals surface area contributed by atoms with Gasteiger partial charge in [-0.3, -0.25) is 4.79 Å². The zero-order valence-corrected chi connectivity index (χ0v) is 8.99. The summed E-state index contributed by atoms with van der Waals surface area (Å²) in [4.78, 5) is 13.5. The summed E-state index contributed by atoms with van der Waals surface area (Å²) in [5, 5.41) is 0. The molecular weight excluding hydrogens is 188 g/mol. The fourth-order valence-corrected chi connectivity index (χ4v) is 2.08. The summed E-state index contributed by atoms with van der Waals surface area (Å²) in [6.07, 6.45) is 1.46. The van der Waals surface area contributed by atoms with E-state index in [1.54, 1.807) is 0 Å². The van der Waals surface area contributed by atoms with Crippen LogP contribution >= 0.6 is 0 Å². The second kappa shape index (κ2) is 3.93. The van der Waals surface area contributed by atoms with Gasteiger partial charge in [-0.15, -0.1) is 0 Å². The van der Waals surface area contributed by atoms with Crippen molar-refractivity contribution in [3.05, 3.63) is 29.3 Å². The van der Waals surface area contributed by atoms with Crippen LogP contribution in [-0.4, -0.2) is 17.4 Å². The first-order valence-electron chi connectivity index (χ1n) is 5.36. The Morgan fingerprint density at radius 2 is 2.33 bits per heavy atom. The van der Waals surface area contributed by atoms with Gasteiger partial charge < -0.3 is 10.6 Å². The zero-order valence-electron chi connectivity index (χ0n) is 8.99. The van der Waals surface area contributed by atoms with Crippen LogP contribution in [0.5, 0.6) is 0 Å². The topological polar surface area (TPSA) is 46.3 Å². The normalized spacial score (nSPS) is 14.9. The smallest absolute Gasteiger partial charge is 0.222 e. The summed E-state index contributed by atoms with van der Waals surface area (Å²) in [6, 6.07) is 5.94. The second-order valence-electron chi connectivity index (χ2n) is 3.90. The van der Waals surface area contributed by atoms with Crippen molar-refractivity contribution >= 4 is 11.6 Å². The van der Waals surface area contributed by atoms with E-state index in [-0.39, 0.29) is 5.91 Å². The standard InChI is InChI=1S/C12H16N2O/c1-2-12(15)14-7-6-10-9(8-14)4-3-5-11(10)13/h3-5H,2,6-8,13H2,1H3. The Balaban J connectivity index is 2.24. The van der Waals surface area contributed by atoms with E-state index in [2.05, 4.69) is 6.07 Å². The Morgan fingerprint density at radius 1 is 1.53 bits per heavy atom. The Morgan fingerprint density at radius 3 is 3.07 bits per heavy atom. The molecule has 0 saturated carbocycles. The third-order valence-corrected chi connectivity index (χ3v) is 2.96. The molecule has 1 aromatic rings. The number of amides is 1. The van der Waals surface area contributed by atoms with Crippen molar-refractivity contribution in [1.29, 1.82) is 0 Å². The largest absolute Gasteiger partial charge is 0.398 e. The maximum absolute atomic E-state index is 11.6. The molecule has 0 saturated heterocycles. The number of carbonyl (C=O) groups is 1. The van der Waals surface area contributed by atoms with Crippen LogP contribution in [0.2, 0.25) is 0 Å². The minimum atomic E-state index is 0.225. The monoisotopic (exact) mass is 204 g/mol. The van der Waals surface area contributed by atoms with E-state index < -0.39 is 0 Å². The molecule has 2 N–H and O–H groups in total. The number of nitrogens with two attached hydrogens (primary N) is 1. The van der Waals surface area contributed by atoms with Gasteiger partial charge in [0.25, 0.3) is 0 Å². The summed E-state index contributed by atoms with van der Waals surface area (Å²) in [5.41, 5.74) is 9.17. The summed E-state index contributed by atoms with van der Waals surface area (Å²) >= 11 is 0. The molecule has 1 aliphatic rings.